The van der Waals surface area contributed by atoms with Gasteiger partial charge in [-0.2, -0.15) is 0 Å². The zero-order chi connectivity index (χ0) is 14.3. The van der Waals surface area contributed by atoms with E-state index in [1.54, 1.807) is 0 Å². The monoisotopic (exact) mass is 266 g/mol. The summed E-state index contributed by atoms with van der Waals surface area (Å²) in [5.41, 5.74) is 7.72. The van der Waals surface area contributed by atoms with Gasteiger partial charge in [0.05, 0.1) is 12.8 Å². The molecule has 1 unspecified atom stereocenters. The summed E-state index contributed by atoms with van der Waals surface area (Å²) in [4.78, 5) is 16.4. The summed E-state index contributed by atoms with van der Waals surface area (Å²) in [6, 6.07) is -0.557. The van der Waals surface area contributed by atoms with E-state index in [0.29, 0.717) is 13.0 Å². The van der Waals surface area contributed by atoms with E-state index in [2.05, 4.69) is 22.0 Å². The molecule has 0 fully saturated rings. The highest BCUT2D eigenvalue weighted by atomic mass is 16.6. The van der Waals surface area contributed by atoms with Crippen LogP contribution in [0.3, 0.4) is 0 Å². The molecular weight excluding hydrogens is 244 g/mol. The molecule has 1 rings (SSSR count). The molecule has 0 aromatic rings. The van der Waals surface area contributed by atoms with Crippen LogP contribution in [0.2, 0.25) is 0 Å². The van der Waals surface area contributed by atoms with Crippen molar-refractivity contribution >= 4 is 11.7 Å². The third kappa shape index (κ3) is 5.70. The van der Waals surface area contributed by atoms with Crippen molar-refractivity contribution in [2.45, 2.75) is 32.7 Å². The van der Waals surface area contributed by atoms with E-state index in [1.807, 2.05) is 19.9 Å². The number of hydrogen-bond donors (Lipinski definition) is 1. The molecule has 0 spiro atoms. The predicted octanol–water partition coefficient (Wildman–Crippen LogP) is 1.79. The number of oxime groups is 1. The Bertz CT molecular complexity index is 395. The maximum absolute atomic E-state index is 11.2. The van der Waals surface area contributed by atoms with Crippen LogP contribution in [0.15, 0.2) is 29.0 Å². The molecule has 0 saturated heterocycles. The zero-order valence-corrected chi connectivity index (χ0v) is 11.8. The molecule has 19 heavy (non-hydrogen) atoms. The molecule has 5 heteroatoms. The molecule has 2 N–H and O–H groups in total. The van der Waals surface area contributed by atoms with Crippen molar-refractivity contribution in [2.24, 2.45) is 16.8 Å². The Labute approximate surface area is 114 Å². The lowest BCUT2D eigenvalue weighted by atomic mass is 9.91. The fourth-order valence-electron chi connectivity index (χ4n) is 1.80. The minimum Gasteiger partial charge on any atom is -0.468 e. The van der Waals surface area contributed by atoms with Gasteiger partial charge in [0, 0.05) is 0 Å². The highest BCUT2D eigenvalue weighted by Gasteiger charge is 2.19. The molecule has 0 aromatic heterocycles. The van der Waals surface area contributed by atoms with E-state index in [4.69, 9.17) is 10.6 Å². The second-order valence-electron chi connectivity index (χ2n) is 4.81. The summed E-state index contributed by atoms with van der Waals surface area (Å²) >= 11 is 0. The number of ether oxygens (including phenoxy) is 1. The molecule has 0 amide bonds. The molecule has 0 saturated carbocycles. The van der Waals surface area contributed by atoms with E-state index in [0.717, 1.165) is 17.7 Å². The van der Waals surface area contributed by atoms with Gasteiger partial charge < -0.3 is 15.3 Å². The lowest BCUT2D eigenvalue weighted by Crippen LogP contribution is -2.33. The molecule has 1 aliphatic rings. The van der Waals surface area contributed by atoms with E-state index >= 15 is 0 Å². The van der Waals surface area contributed by atoms with Gasteiger partial charge >= 0.3 is 5.97 Å². The zero-order valence-electron chi connectivity index (χ0n) is 11.8. The van der Waals surface area contributed by atoms with Crippen molar-refractivity contribution in [1.29, 1.82) is 0 Å². The maximum atomic E-state index is 11.2. The Kier molecular flexibility index (Phi) is 6.29. The fourth-order valence-corrected chi connectivity index (χ4v) is 1.80. The lowest BCUT2D eigenvalue weighted by molar-refractivity contribution is -0.142. The molecule has 0 aromatic carbocycles. The largest absolute Gasteiger partial charge is 0.468 e. The third-order valence-electron chi connectivity index (χ3n) is 2.80. The number of nitrogens with zero attached hydrogens (tertiary/aromatic N) is 1. The smallest absolute Gasteiger partial charge is 0.322 e. The van der Waals surface area contributed by atoms with Crippen molar-refractivity contribution in [3.8, 4) is 0 Å². The van der Waals surface area contributed by atoms with Gasteiger partial charge in [-0.25, -0.2) is 0 Å². The van der Waals surface area contributed by atoms with Crippen LogP contribution < -0.4 is 5.73 Å². The van der Waals surface area contributed by atoms with E-state index in [-0.39, 0.29) is 11.9 Å². The average Bonchev–Trinajstić information content (AvgIpc) is 2.39. The highest BCUT2D eigenvalue weighted by Crippen LogP contribution is 2.21. The van der Waals surface area contributed by atoms with Crippen molar-refractivity contribution in [2.75, 3.05) is 13.7 Å². The van der Waals surface area contributed by atoms with Crippen LogP contribution in [0.1, 0.15) is 26.7 Å². The van der Waals surface area contributed by atoms with Crippen LogP contribution in [0.5, 0.6) is 0 Å². The first kappa shape index (κ1) is 15.4. The molecule has 5 nitrogen and oxygen atoms in total. The highest BCUT2D eigenvalue weighted by molar-refractivity contribution is 5.78. The minimum atomic E-state index is -0.557. The number of methoxy groups -OCH3 is 1. The van der Waals surface area contributed by atoms with Gasteiger partial charge in [0.25, 0.3) is 0 Å². The van der Waals surface area contributed by atoms with Gasteiger partial charge in [-0.05, 0) is 38.2 Å². The van der Waals surface area contributed by atoms with Crippen molar-refractivity contribution < 1.29 is 14.4 Å². The summed E-state index contributed by atoms with van der Waals surface area (Å²) in [5.74, 6) is -0.0893. The first-order valence-corrected chi connectivity index (χ1v) is 6.36. The number of carbonyl (C=O) groups is 1. The predicted molar refractivity (Wildman–Crippen MR) is 74.7 cm³/mol. The van der Waals surface area contributed by atoms with Gasteiger partial charge in [0.15, 0.2) is 0 Å². The van der Waals surface area contributed by atoms with Gasteiger partial charge in [-0.15, -0.1) is 0 Å². The number of rotatable bonds is 6. The summed E-state index contributed by atoms with van der Waals surface area (Å²) in [6.45, 7) is 4.24. The first-order chi connectivity index (χ1) is 9.02. The Morgan fingerprint density at radius 1 is 1.58 bits per heavy atom. The van der Waals surface area contributed by atoms with Crippen molar-refractivity contribution in [3.63, 3.8) is 0 Å². The molecular formula is C14H22N2O3. The quantitative estimate of drug-likeness (QED) is 0.452. The van der Waals surface area contributed by atoms with E-state index in [1.165, 1.54) is 7.11 Å². The minimum absolute atomic E-state index is 0.272. The van der Waals surface area contributed by atoms with Crippen LogP contribution in [0, 0.1) is 5.92 Å². The SMILES string of the molecule is COC(=O)[C@@H](N)CC1C=CC(CON=C(C)C)=CC1. The van der Waals surface area contributed by atoms with Gasteiger partial charge in [-0.3, -0.25) is 4.79 Å². The van der Waals surface area contributed by atoms with Crippen LogP contribution in [0.25, 0.3) is 0 Å². The van der Waals surface area contributed by atoms with Crippen molar-refractivity contribution in [3.05, 3.63) is 23.8 Å². The summed E-state index contributed by atoms with van der Waals surface area (Å²) in [6.07, 6.45) is 7.60. The molecule has 0 radical (unpaired) electrons. The molecule has 0 bridgehead atoms. The standard InChI is InChI=1S/C14H22N2O3/c1-10(2)16-19-9-12-6-4-11(5-7-12)8-13(15)14(17)18-3/h4,6-7,11,13H,5,8-9,15H2,1-3H3/t11?,13-/m0/s1. The molecule has 106 valence electrons. The Morgan fingerprint density at radius 3 is 2.84 bits per heavy atom. The third-order valence-corrected chi connectivity index (χ3v) is 2.80. The number of esters is 1. The second-order valence-corrected chi connectivity index (χ2v) is 4.81. The average molecular weight is 266 g/mol. The normalized spacial score (nSPS) is 19.4. The first-order valence-electron chi connectivity index (χ1n) is 6.36. The number of carbonyl (C=O) groups excluding carboxylic acids is 1. The maximum Gasteiger partial charge on any atom is 0.322 e. The number of hydrogen-bond acceptors (Lipinski definition) is 5. The molecule has 1 aliphatic carbocycles. The topological polar surface area (TPSA) is 73.9 Å². The van der Waals surface area contributed by atoms with Gasteiger partial charge in [-0.1, -0.05) is 23.4 Å². The summed E-state index contributed by atoms with van der Waals surface area (Å²) in [7, 11) is 1.35. The van der Waals surface area contributed by atoms with Crippen LogP contribution >= 0.6 is 0 Å². The van der Waals surface area contributed by atoms with Crippen LogP contribution in [0.4, 0.5) is 0 Å². The van der Waals surface area contributed by atoms with E-state index in [9.17, 15) is 4.79 Å². The van der Waals surface area contributed by atoms with Gasteiger partial charge in [0.2, 0.25) is 0 Å². The van der Waals surface area contributed by atoms with Crippen LogP contribution in [-0.2, 0) is 14.4 Å². The van der Waals surface area contributed by atoms with Crippen LogP contribution in [-0.4, -0.2) is 31.4 Å². The molecule has 0 heterocycles. The molecule has 2 atom stereocenters. The van der Waals surface area contributed by atoms with Gasteiger partial charge in [0.1, 0.15) is 12.6 Å². The Hall–Kier alpha value is -1.62. The Balaban J connectivity index is 2.36. The second kappa shape index (κ2) is 7.74. The molecule has 0 aliphatic heterocycles. The fraction of sp³-hybridized carbons (Fsp3) is 0.571. The Morgan fingerprint density at radius 2 is 2.32 bits per heavy atom. The lowest BCUT2D eigenvalue weighted by Gasteiger charge is -2.18. The van der Waals surface area contributed by atoms with Crippen molar-refractivity contribution in [1.82, 2.24) is 0 Å². The van der Waals surface area contributed by atoms with E-state index < -0.39 is 6.04 Å². The number of allylic oxidation sites excluding steroid dienone is 2. The summed E-state index contributed by atoms with van der Waals surface area (Å²) < 4.78 is 4.61. The summed E-state index contributed by atoms with van der Waals surface area (Å²) in [5, 5.41) is 3.88. The number of nitrogens with two attached hydrogens (primary N) is 1.